The van der Waals surface area contributed by atoms with Crippen molar-refractivity contribution in [3.05, 3.63) is 65.7 Å². The van der Waals surface area contributed by atoms with Crippen molar-refractivity contribution in [2.75, 3.05) is 33.2 Å². The molecule has 7 heteroatoms. The van der Waals surface area contributed by atoms with E-state index in [0.29, 0.717) is 0 Å². The van der Waals surface area contributed by atoms with E-state index in [2.05, 4.69) is 0 Å². The molecule has 0 bridgehead atoms. The highest BCUT2D eigenvalue weighted by Crippen LogP contribution is 2.48. The van der Waals surface area contributed by atoms with Crippen LogP contribution in [0.15, 0.2) is 54.6 Å². The number of benzene rings is 2. The van der Waals surface area contributed by atoms with Gasteiger partial charge in [0.2, 0.25) is 0 Å². The van der Waals surface area contributed by atoms with Gasteiger partial charge in [-0.2, -0.15) is 0 Å². The Kier molecular flexibility index (Phi) is 6.75. The van der Waals surface area contributed by atoms with Crippen LogP contribution in [0.5, 0.6) is 5.75 Å². The highest BCUT2D eigenvalue weighted by atomic mass is 31.2. The SMILES string of the molecule is COP(=O)(OC)Oc1ccccc1C(=O)C=Cc1ccc(N(C)C)cc1. The first-order valence-electron chi connectivity index (χ1n) is 7.88. The Morgan fingerprint density at radius 1 is 1.00 bits per heavy atom. The first-order chi connectivity index (χ1) is 12.4. The van der Waals surface area contributed by atoms with Crippen molar-refractivity contribution in [1.29, 1.82) is 0 Å². The maximum absolute atomic E-state index is 12.5. The van der Waals surface area contributed by atoms with Gasteiger partial charge >= 0.3 is 7.82 Å². The number of ketones is 1. The quantitative estimate of drug-likeness (QED) is 0.386. The number of para-hydroxylation sites is 1. The zero-order chi connectivity index (χ0) is 19.2. The van der Waals surface area contributed by atoms with Crippen LogP contribution in [-0.4, -0.2) is 34.1 Å². The van der Waals surface area contributed by atoms with E-state index in [-0.39, 0.29) is 17.1 Å². The Labute approximate surface area is 153 Å². The Morgan fingerprint density at radius 2 is 1.62 bits per heavy atom. The maximum atomic E-state index is 12.5. The van der Waals surface area contributed by atoms with Crippen LogP contribution in [0.4, 0.5) is 5.69 Å². The number of carbonyl (C=O) groups excluding carboxylic acids is 1. The highest BCUT2D eigenvalue weighted by Gasteiger charge is 2.26. The minimum atomic E-state index is -3.74. The van der Waals surface area contributed by atoms with Crippen LogP contribution in [0.1, 0.15) is 15.9 Å². The fourth-order valence-electron chi connectivity index (χ4n) is 2.16. The molecule has 2 rings (SSSR count). The van der Waals surface area contributed by atoms with E-state index >= 15 is 0 Å². The number of anilines is 1. The molecule has 2 aromatic carbocycles. The van der Waals surface area contributed by atoms with E-state index in [1.807, 2.05) is 43.3 Å². The van der Waals surface area contributed by atoms with Crippen molar-refractivity contribution in [2.24, 2.45) is 0 Å². The van der Waals surface area contributed by atoms with Gasteiger partial charge in [0, 0.05) is 34.0 Å². The molecule has 0 amide bonds. The Balaban J connectivity index is 2.20. The van der Waals surface area contributed by atoms with Crippen LogP contribution < -0.4 is 9.42 Å². The van der Waals surface area contributed by atoms with Gasteiger partial charge < -0.3 is 9.42 Å². The zero-order valence-electron chi connectivity index (χ0n) is 15.2. The van der Waals surface area contributed by atoms with Crippen molar-refractivity contribution in [3.8, 4) is 5.75 Å². The van der Waals surface area contributed by atoms with Gasteiger partial charge in [0.15, 0.2) is 5.78 Å². The molecular weight excluding hydrogens is 353 g/mol. The molecule has 6 nitrogen and oxygen atoms in total. The van der Waals surface area contributed by atoms with Gasteiger partial charge in [-0.1, -0.05) is 30.3 Å². The maximum Gasteiger partial charge on any atom is 0.529 e. The van der Waals surface area contributed by atoms with Gasteiger partial charge in [0.05, 0.1) is 5.56 Å². The van der Waals surface area contributed by atoms with Crippen molar-refractivity contribution in [3.63, 3.8) is 0 Å². The number of nitrogens with zero attached hydrogens (tertiary/aromatic N) is 1. The first-order valence-corrected chi connectivity index (χ1v) is 9.34. The van der Waals surface area contributed by atoms with E-state index in [4.69, 9.17) is 13.6 Å². The zero-order valence-corrected chi connectivity index (χ0v) is 16.1. The van der Waals surface area contributed by atoms with Gasteiger partial charge in [-0.3, -0.25) is 13.8 Å². The van der Waals surface area contributed by atoms with Crippen LogP contribution in [0.2, 0.25) is 0 Å². The number of phosphoric acid groups is 1. The molecule has 0 fully saturated rings. The van der Waals surface area contributed by atoms with Crippen LogP contribution >= 0.6 is 7.82 Å². The smallest absolute Gasteiger partial charge is 0.403 e. The minimum absolute atomic E-state index is 0.136. The van der Waals surface area contributed by atoms with Crippen molar-refractivity contribution in [1.82, 2.24) is 0 Å². The van der Waals surface area contributed by atoms with Crippen LogP contribution in [0.3, 0.4) is 0 Å². The molecule has 0 radical (unpaired) electrons. The second-order valence-corrected chi connectivity index (χ2v) is 7.39. The average molecular weight is 375 g/mol. The summed E-state index contributed by atoms with van der Waals surface area (Å²) in [7, 11) is 2.61. The van der Waals surface area contributed by atoms with E-state index in [1.165, 1.54) is 26.4 Å². The molecule has 0 saturated heterocycles. The largest absolute Gasteiger partial charge is 0.529 e. The van der Waals surface area contributed by atoms with Crippen molar-refractivity contribution in [2.45, 2.75) is 0 Å². The Bertz CT molecular complexity index is 822. The van der Waals surface area contributed by atoms with Crippen LogP contribution in [0, 0.1) is 0 Å². The molecule has 0 aliphatic carbocycles. The summed E-state index contributed by atoms with van der Waals surface area (Å²) >= 11 is 0. The average Bonchev–Trinajstić information content (AvgIpc) is 2.66. The molecule has 0 aliphatic heterocycles. The third-order valence-corrected chi connectivity index (χ3v) is 4.96. The molecule has 26 heavy (non-hydrogen) atoms. The third kappa shape index (κ3) is 5.05. The lowest BCUT2D eigenvalue weighted by Crippen LogP contribution is -2.07. The molecular formula is C19H22NO5P. The second-order valence-electron chi connectivity index (χ2n) is 5.58. The van der Waals surface area contributed by atoms with E-state index in [1.54, 1.807) is 24.3 Å². The summed E-state index contributed by atoms with van der Waals surface area (Å²) in [6.45, 7) is 0. The van der Waals surface area contributed by atoms with Gasteiger partial charge in [-0.15, -0.1) is 0 Å². The summed E-state index contributed by atoms with van der Waals surface area (Å²) in [5.74, 6) is -0.145. The predicted molar refractivity (Wildman–Crippen MR) is 103 cm³/mol. The van der Waals surface area contributed by atoms with Gasteiger partial charge in [0.1, 0.15) is 5.75 Å². The number of allylic oxidation sites excluding steroid dienone is 1. The van der Waals surface area contributed by atoms with E-state index < -0.39 is 7.82 Å². The van der Waals surface area contributed by atoms with Crippen LogP contribution in [0.25, 0.3) is 6.08 Å². The number of phosphoric ester groups is 1. The summed E-state index contributed by atoms with van der Waals surface area (Å²) in [6.07, 6.45) is 3.15. The van der Waals surface area contributed by atoms with Gasteiger partial charge in [-0.05, 0) is 35.9 Å². The normalized spacial score (nSPS) is 11.5. The fourth-order valence-corrected chi connectivity index (χ4v) is 2.86. The molecule has 0 unspecified atom stereocenters. The molecule has 138 valence electrons. The van der Waals surface area contributed by atoms with Crippen LogP contribution in [-0.2, 0) is 13.6 Å². The molecule has 0 atom stereocenters. The summed E-state index contributed by atoms with van der Waals surface area (Å²) in [5.41, 5.74) is 2.23. The third-order valence-electron chi connectivity index (χ3n) is 3.65. The van der Waals surface area contributed by atoms with Crippen molar-refractivity contribution >= 4 is 25.4 Å². The Morgan fingerprint density at radius 3 is 2.19 bits per heavy atom. The molecule has 0 aliphatic rings. The predicted octanol–water partition coefficient (Wildman–Crippen LogP) is 4.43. The minimum Gasteiger partial charge on any atom is -0.403 e. The first kappa shape index (κ1) is 19.9. The van der Waals surface area contributed by atoms with E-state index in [0.717, 1.165) is 11.3 Å². The monoisotopic (exact) mass is 375 g/mol. The van der Waals surface area contributed by atoms with E-state index in [9.17, 15) is 9.36 Å². The fraction of sp³-hybridized carbons (Fsp3) is 0.211. The summed E-state index contributed by atoms with van der Waals surface area (Å²) in [4.78, 5) is 14.5. The summed E-state index contributed by atoms with van der Waals surface area (Å²) in [5, 5.41) is 0. The molecule has 2 aromatic rings. The lowest BCUT2D eigenvalue weighted by atomic mass is 10.1. The number of hydrogen-bond acceptors (Lipinski definition) is 6. The van der Waals surface area contributed by atoms with Gasteiger partial charge in [-0.25, -0.2) is 4.57 Å². The van der Waals surface area contributed by atoms with Gasteiger partial charge in [0.25, 0.3) is 0 Å². The molecule has 0 saturated carbocycles. The molecule has 0 heterocycles. The summed E-state index contributed by atoms with van der Waals surface area (Å²) in [6, 6.07) is 14.3. The Hall–Kier alpha value is -2.40. The number of carbonyl (C=O) groups is 1. The highest BCUT2D eigenvalue weighted by molar-refractivity contribution is 7.48. The number of hydrogen-bond donors (Lipinski definition) is 0. The standard InChI is InChI=1S/C19H22NO5P/c1-20(2)16-12-9-15(10-13-16)11-14-18(21)17-7-5-6-8-19(17)25-26(22,23-3)24-4/h5-14H,1-4H3. The molecule has 0 N–H and O–H groups in total. The second kappa shape index (κ2) is 8.81. The summed E-state index contributed by atoms with van der Waals surface area (Å²) < 4.78 is 27.0. The lowest BCUT2D eigenvalue weighted by Gasteiger charge is -2.15. The number of rotatable bonds is 8. The molecule has 0 aromatic heterocycles. The topological polar surface area (TPSA) is 65.1 Å². The lowest BCUT2D eigenvalue weighted by molar-refractivity contribution is 0.104. The molecule has 0 spiro atoms. The van der Waals surface area contributed by atoms with Crippen molar-refractivity contribution < 1.29 is 22.9 Å².